The first-order valence-corrected chi connectivity index (χ1v) is 1.74. The summed E-state index contributed by atoms with van der Waals surface area (Å²) in [7, 11) is 0. The molecule has 0 aliphatic carbocycles. The molecule has 0 rings (SSSR count). The van der Waals surface area contributed by atoms with E-state index in [4.69, 9.17) is 5.11 Å². The maximum absolute atomic E-state index is 7.84. The van der Waals surface area contributed by atoms with Crippen LogP contribution in [0.1, 0.15) is 6.42 Å². The summed E-state index contributed by atoms with van der Waals surface area (Å²) in [5.74, 6) is 0. The molecule has 0 saturated carbocycles. The molecule has 0 aromatic heterocycles. The van der Waals surface area contributed by atoms with Crippen LogP contribution in [0.4, 0.5) is 0 Å². The van der Waals surface area contributed by atoms with Crippen LogP contribution in [0.2, 0.25) is 0 Å². The van der Waals surface area contributed by atoms with E-state index in [9.17, 15) is 0 Å². The first-order chi connectivity index (χ1) is 2.91. The van der Waals surface area contributed by atoms with E-state index in [2.05, 4.69) is 6.58 Å². The van der Waals surface area contributed by atoms with Gasteiger partial charge in [0.05, 0.1) is 0 Å². The Kier molecular flexibility index (Phi) is 3.77. The van der Waals surface area contributed by atoms with Crippen molar-refractivity contribution in [3.63, 3.8) is 0 Å². The smallest absolute Gasteiger partial charge is 0.153 e. The summed E-state index contributed by atoms with van der Waals surface area (Å²) in [6.45, 7) is 3.42. The van der Waals surface area contributed by atoms with Crippen LogP contribution in [-0.4, -0.2) is 5.11 Å². The molecule has 6 heavy (non-hydrogen) atoms. The summed E-state index contributed by atoms with van der Waals surface area (Å²) < 4.78 is 0. The predicted molar refractivity (Wildman–Crippen MR) is 25.3 cm³/mol. The van der Waals surface area contributed by atoms with Gasteiger partial charge in [-0.15, -0.1) is 6.58 Å². The SMILES string of the molecule is C=CC/C=[C]\O. The summed E-state index contributed by atoms with van der Waals surface area (Å²) in [5.41, 5.74) is 0. The maximum Gasteiger partial charge on any atom is 0.153 e. The number of aliphatic hydroxyl groups is 1. The lowest BCUT2D eigenvalue weighted by Crippen LogP contribution is -1.53. The Morgan fingerprint density at radius 2 is 2.50 bits per heavy atom. The second-order valence-corrected chi connectivity index (χ2v) is 0.858. The summed E-state index contributed by atoms with van der Waals surface area (Å²) >= 11 is 0. The van der Waals surface area contributed by atoms with Crippen LogP contribution in [0.5, 0.6) is 0 Å². The lowest BCUT2D eigenvalue weighted by molar-refractivity contribution is 0.440. The van der Waals surface area contributed by atoms with Crippen molar-refractivity contribution < 1.29 is 5.11 Å². The molecular formula is C5H7O. The monoisotopic (exact) mass is 83.0 g/mol. The summed E-state index contributed by atoms with van der Waals surface area (Å²) in [6.07, 6.45) is 5.74. The van der Waals surface area contributed by atoms with Crippen molar-refractivity contribution in [1.29, 1.82) is 0 Å². The maximum atomic E-state index is 7.84. The molecule has 0 fully saturated rings. The number of aliphatic hydroxyl groups excluding tert-OH is 1. The van der Waals surface area contributed by atoms with Crippen LogP contribution in [0.3, 0.4) is 0 Å². The zero-order valence-electron chi connectivity index (χ0n) is 3.52. The van der Waals surface area contributed by atoms with Crippen molar-refractivity contribution in [2.45, 2.75) is 6.42 Å². The van der Waals surface area contributed by atoms with Crippen LogP contribution in [0.25, 0.3) is 0 Å². The molecule has 0 unspecified atom stereocenters. The van der Waals surface area contributed by atoms with E-state index in [1.165, 1.54) is 6.08 Å². The normalized spacial score (nSPS) is 9.33. The molecule has 0 saturated heterocycles. The predicted octanol–water partition coefficient (Wildman–Crippen LogP) is 1.44. The number of allylic oxidation sites excluding steroid dienone is 2. The Morgan fingerprint density at radius 1 is 1.83 bits per heavy atom. The lowest BCUT2D eigenvalue weighted by Gasteiger charge is -1.68. The van der Waals surface area contributed by atoms with E-state index in [1.807, 2.05) is 6.26 Å². The molecule has 1 nitrogen and oxygen atoms in total. The van der Waals surface area contributed by atoms with Crippen molar-refractivity contribution >= 4 is 0 Å². The number of hydrogen-bond acceptors (Lipinski definition) is 1. The molecule has 0 bridgehead atoms. The Bertz CT molecular complexity index is 55.0. The van der Waals surface area contributed by atoms with Crippen LogP contribution in [-0.2, 0) is 0 Å². The minimum Gasteiger partial charge on any atom is -0.504 e. The zero-order valence-corrected chi connectivity index (χ0v) is 3.52. The van der Waals surface area contributed by atoms with Gasteiger partial charge in [-0.25, -0.2) is 0 Å². The van der Waals surface area contributed by atoms with Gasteiger partial charge in [-0.05, 0) is 12.5 Å². The standard InChI is InChI=1S/C5H7O/c1-2-3-4-5-6/h2,4,6H,1,3H2. The number of hydrogen-bond donors (Lipinski definition) is 1. The Balaban J connectivity index is 2.85. The molecule has 0 atom stereocenters. The van der Waals surface area contributed by atoms with Gasteiger partial charge in [0, 0.05) is 0 Å². The molecule has 0 aromatic carbocycles. The van der Waals surface area contributed by atoms with Gasteiger partial charge in [0.25, 0.3) is 0 Å². The minimum atomic E-state index is 0.691. The average Bonchev–Trinajstić information content (AvgIpc) is 1.61. The van der Waals surface area contributed by atoms with Gasteiger partial charge >= 0.3 is 0 Å². The van der Waals surface area contributed by atoms with Gasteiger partial charge < -0.3 is 5.11 Å². The zero-order chi connectivity index (χ0) is 4.83. The quantitative estimate of drug-likeness (QED) is 0.395. The molecule has 0 aliphatic rings. The third kappa shape index (κ3) is 3.28. The molecule has 1 radical (unpaired) electrons. The van der Waals surface area contributed by atoms with Crippen LogP contribution >= 0.6 is 0 Å². The average molecular weight is 83.1 g/mol. The van der Waals surface area contributed by atoms with Crippen molar-refractivity contribution in [3.05, 3.63) is 25.0 Å². The van der Waals surface area contributed by atoms with Gasteiger partial charge in [-0.3, -0.25) is 0 Å². The fourth-order valence-electron chi connectivity index (χ4n) is 0.136. The fraction of sp³-hybridized carbons (Fsp3) is 0.200. The van der Waals surface area contributed by atoms with E-state index in [0.29, 0.717) is 6.42 Å². The van der Waals surface area contributed by atoms with Crippen molar-refractivity contribution in [2.75, 3.05) is 0 Å². The highest BCUT2D eigenvalue weighted by molar-refractivity contribution is 4.78. The second-order valence-electron chi connectivity index (χ2n) is 0.858. The van der Waals surface area contributed by atoms with Crippen molar-refractivity contribution in [3.8, 4) is 0 Å². The highest BCUT2D eigenvalue weighted by Gasteiger charge is 1.60. The summed E-state index contributed by atoms with van der Waals surface area (Å²) in [6, 6.07) is 0. The topological polar surface area (TPSA) is 20.2 Å². The van der Waals surface area contributed by atoms with Gasteiger partial charge in [-0.1, -0.05) is 6.08 Å². The molecule has 0 aliphatic heterocycles. The van der Waals surface area contributed by atoms with E-state index < -0.39 is 0 Å². The van der Waals surface area contributed by atoms with Crippen molar-refractivity contribution in [2.24, 2.45) is 0 Å². The fourth-order valence-corrected chi connectivity index (χ4v) is 0.136. The Labute approximate surface area is 37.6 Å². The molecule has 0 aromatic rings. The minimum absolute atomic E-state index is 0.691. The molecule has 0 spiro atoms. The van der Waals surface area contributed by atoms with E-state index >= 15 is 0 Å². The van der Waals surface area contributed by atoms with Crippen molar-refractivity contribution in [1.82, 2.24) is 0 Å². The van der Waals surface area contributed by atoms with Gasteiger partial charge in [0.2, 0.25) is 0 Å². The van der Waals surface area contributed by atoms with E-state index in [0.717, 1.165) is 0 Å². The highest BCUT2D eigenvalue weighted by atomic mass is 16.2. The van der Waals surface area contributed by atoms with Gasteiger partial charge in [-0.2, -0.15) is 0 Å². The first-order valence-electron chi connectivity index (χ1n) is 1.74. The molecule has 33 valence electrons. The van der Waals surface area contributed by atoms with Crippen LogP contribution in [0.15, 0.2) is 18.7 Å². The first kappa shape index (κ1) is 5.28. The molecular weight excluding hydrogens is 76.1 g/mol. The van der Waals surface area contributed by atoms with E-state index in [-0.39, 0.29) is 0 Å². The molecule has 1 N–H and O–H groups in total. The molecule has 0 amide bonds. The Morgan fingerprint density at radius 3 is 2.67 bits per heavy atom. The summed E-state index contributed by atoms with van der Waals surface area (Å²) in [5, 5.41) is 7.84. The van der Waals surface area contributed by atoms with Crippen LogP contribution < -0.4 is 0 Å². The lowest BCUT2D eigenvalue weighted by atomic mass is 10.4. The van der Waals surface area contributed by atoms with Crippen LogP contribution in [0, 0.1) is 6.26 Å². The molecule has 0 heterocycles. The second kappa shape index (κ2) is 4.28. The number of rotatable bonds is 2. The third-order valence-electron chi connectivity index (χ3n) is 0.376. The third-order valence-corrected chi connectivity index (χ3v) is 0.376. The summed E-state index contributed by atoms with van der Waals surface area (Å²) in [4.78, 5) is 0. The largest absolute Gasteiger partial charge is 0.504 e. The highest BCUT2D eigenvalue weighted by Crippen LogP contribution is 1.76. The molecule has 1 heteroatoms. The Hall–Kier alpha value is -0.720. The van der Waals surface area contributed by atoms with E-state index in [1.54, 1.807) is 6.08 Å². The van der Waals surface area contributed by atoms with Gasteiger partial charge in [0.15, 0.2) is 6.26 Å². The van der Waals surface area contributed by atoms with Gasteiger partial charge in [0.1, 0.15) is 0 Å².